The molecule has 116 valence electrons. The van der Waals surface area contributed by atoms with E-state index in [-0.39, 0.29) is 36.9 Å². The Balaban J connectivity index is 3.10. The highest BCUT2D eigenvalue weighted by molar-refractivity contribution is 7.89. The molecule has 9 heteroatoms. The molecule has 1 heterocycles. The minimum atomic E-state index is -3.76. The van der Waals surface area contributed by atoms with Crippen molar-refractivity contribution in [2.75, 3.05) is 40.5 Å². The van der Waals surface area contributed by atoms with Gasteiger partial charge in [-0.1, -0.05) is 0 Å². The molecule has 0 saturated heterocycles. The summed E-state index contributed by atoms with van der Waals surface area (Å²) in [7, 11) is -0.749. The van der Waals surface area contributed by atoms with Gasteiger partial charge >= 0.3 is 0 Å². The summed E-state index contributed by atoms with van der Waals surface area (Å²) in [5.41, 5.74) is 0.510. The molecule has 0 bridgehead atoms. The number of methoxy groups -OCH3 is 2. The standard InChI is InChI=1S/C11H21N3O5S/c1-9-11(10(8-15)13-12-9)20(16,17)14(4-6-18-2)5-7-19-3/h15H,4-8H2,1-3H3,(H,12,13). The number of aromatic amines is 1. The molecule has 0 aromatic carbocycles. The Morgan fingerprint density at radius 3 is 2.25 bits per heavy atom. The van der Waals surface area contributed by atoms with Crippen LogP contribution in [0.1, 0.15) is 11.4 Å². The second-order valence-electron chi connectivity index (χ2n) is 4.17. The van der Waals surface area contributed by atoms with Gasteiger partial charge in [0.2, 0.25) is 10.0 Å². The van der Waals surface area contributed by atoms with Gasteiger partial charge < -0.3 is 14.6 Å². The predicted molar refractivity (Wildman–Crippen MR) is 71.8 cm³/mol. The first kappa shape index (κ1) is 17.1. The molecule has 0 fully saturated rings. The van der Waals surface area contributed by atoms with Gasteiger partial charge in [0.1, 0.15) is 10.6 Å². The van der Waals surface area contributed by atoms with Crippen LogP contribution in [0.2, 0.25) is 0 Å². The molecule has 0 saturated carbocycles. The summed E-state index contributed by atoms with van der Waals surface area (Å²) in [4.78, 5) is 0.0206. The lowest BCUT2D eigenvalue weighted by Gasteiger charge is -2.21. The topological polar surface area (TPSA) is 105 Å². The molecule has 0 atom stereocenters. The van der Waals surface area contributed by atoms with Crippen molar-refractivity contribution in [1.29, 1.82) is 0 Å². The fourth-order valence-corrected chi connectivity index (χ4v) is 3.51. The molecule has 0 radical (unpaired) electrons. The highest BCUT2D eigenvalue weighted by Gasteiger charge is 2.30. The summed E-state index contributed by atoms with van der Waals surface area (Å²) < 4.78 is 36.4. The fourth-order valence-electron chi connectivity index (χ4n) is 1.79. The van der Waals surface area contributed by atoms with E-state index in [9.17, 15) is 13.5 Å². The SMILES string of the molecule is COCCN(CCOC)S(=O)(=O)c1c(CO)n[nH]c1C. The number of ether oxygens (including phenoxy) is 2. The Hall–Kier alpha value is -1.00. The highest BCUT2D eigenvalue weighted by Crippen LogP contribution is 2.22. The second kappa shape index (κ2) is 7.70. The Bertz CT molecular complexity index is 506. The summed E-state index contributed by atoms with van der Waals surface area (Å²) in [6, 6.07) is 0. The van der Waals surface area contributed by atoms with Crippen LogP contribution in [0.4, 0.5) is 0 Å². The van der Waals surface area contributed by atoms with Crippen LogP contribution in [0.5, 0.6) is 0 Å². The summed E-state index contributed by atoms with van der Waals surface area (Å²) in [5, 5.41) is 15.6. The fraction of sp³-hybridized carbons (Fsp3) is 0.727. The maximum Gasteiger partial charge on any atom is 0.246 e. The van der Waals surface area contributed by atoms with Crippen LogP contribution in [0, 0.1) is 6.92 Å². The average Bonchev–Trinajstić information content (AvgIpc) is 2.80. The van der Waals surface area contributed by atoms with Crippen LogP contribution < -0.4 is 0 Å². The molecule has 20 heavy (non-hydrogen) atoms. The largest absolute Gasteiger partial charge is 0.390 e. The lowest BCUT2D eigenvalue weighted by molar-refractivity contribution is 0.150. The predicted octanol–water partition coefficient (Wildman–Crippen LogP) is -0.506. The lowest BCUT2D eigenvalue weighted by Crippen LogP contribution is -2.37. The first-order chi connectivity index (χ1) is 9.48. The number of aromatic nitrogens is 2. The number of hydrogen-bond acceptors (Lipinski definition) is 6. The van der Waals surface area contributed by atoms with Crippen LogP contribution in [-0.4, -0.2) is 68.5 Å². The van der Waals surface area contributed by atoms with Gasteiger partial charge in [0.15, 0.2) is 0 Å². The third-order valence-electron chi connectivity index (χ3n) is 2.80. The van der Waals surface area contributed by atoms with E-state index >= 15 is 0 Å². The van der Waals surface area contributed by atoms with Crippen molar-refractivity contribution in [2.45, 2.75) is 18.4 Å². The van der Waals surface area contributed by atoms with Crippen LogP contribution in [-0.2, 0) is 26.1 Å². The average molecular weight is 307 g/mol. The summed E-state index contributed by atoms with van der Waals surface area (Å²) in [6.07, 6.45) is 0. The van der Waals surface area contributed by atoms with Gasteiger partial charge in [-0.3, -0.25) is 5.10 Å². The van der Waals surface area contributed by atoms with Crippen molar-refractivity contribution in [3.05, 3.63) is 11.4 Å². The van der Waals surface area contributed by atoms with E-state index in [1.807, 2.05) is 0 Å². The van der Waals surface area contributed by atoms with Crippen molar-refractivity contribution in [3.63, 3.8) is 0 Å². The number of nitrogens with zero attached hydrogens (tertiary/aromatic N) is 2. The Kier molecular flexibility index (Phi) is 6.56. The molecule has 1 aromatic rings. The van der Waals surface area contributed by atoms with Crippen molar-refractivity contribution >= 4 is 10.0 Å². The minimum Gasteiger partial charge on any atom is -0.390 e. The van der Waals surface area contributed by atoms with Crippen LogP contribution >= 0.6 is 0 Å². The van der Waals surface area contributed by atoms with E-state index in [0.717, 1.165) is 0 Å². The van der Waals surface area contributed by atoms with E-state index < -0.39 is 16.6 Å². The minimum absolute atomic E-state index is 0.0206. The zero-order chi connectivity index (χ0) is 15.2. The van der Waals surface area contributed by atoms with Gasteiger partial charge in [-0.15, -0.1) is 0 Å². The van der Waals surface area contributed by atoms with Gasteiger partial charge in [0.25, 0.3) is 0 Å². The molecular formula is C11H21N3O5S. The zero-order valence-electron chi connectivity index (χ0n) is 11.9. The molecular weight excluding hydrogens is 286 g/mol. The van der Waals surface area contributed by atoms with Gasteiger partial charge in [-0.05, 0) is 6.92 Å². The summed E-state index contributed by atoms with van der Waals surface area (Å²) in [6.45, 7) is 2.11. The number of sulfonamides is 1. The Morgan fingerprint density at radius 2 is 1.80 bits per heavy atom. The van der Waals surface area contributed by atoms with E-state index in [1.54, 1.807) is 6.92 Å². The molecule has 2 N–H and O–H groups in total. The first-order valence-electron chi connectivity index (χ1n) is 6.11. The van der Waals surface area contributed by atoms with Gasteiger partial charge in [0.05, 0.1) is 25.5 Å². The maximum absolute atomic E-state index is 12.6. The molecule has 8 nitrogen and oxygen atoms in total. The number of aliphatic hydroxyl groups excluding tert-OH is 1. The van der Waals surface area contributed by atoms with E-state index in [1.165, 1.54) is 18.5 Å². The molecule has 0 unspecified atom stereocenters. The van der Waals surface area contributed by atoms with Crippen molar-refractivity contribution in [1.82, 2.24) is 14.5 Å². The lowest BCUT2D eigenvalue weighted by atomic mass is 10.4. The number of H-pyrrole nitrogens is 1. The third-order valence-corrected chi connectivity index (χ3v) is 4.90. The molecule has 1 aromatic heterocycles. The second-order valence-corrected chi connectivity index (χ2v) is 6.05. The van der Waals surface area contributed by atoms with Gasteiger partial charge in [-0.25, -0.2) is 8.42 Å². The summed E-state index contributed by atoms with van der Waals surface area (Å²) in [5.74, 6) is 0. The quantitative estimate of drug-likeness (QED) is 0.637. The number of rotatable bonds is 9. The molecule has 1 rings (SSSR count). The Morgan fingerprint density at radius 1 is 1.25 bits per heavy atom. The van der Waals surface area contributed by atoms with Crippen LogP contribution in [0.3, 0.4) is 0 Å². The monoisotopic (exact) mass is 307 g/mol. The normalized spacial score (nSPS) is 12.2. The van der Waals surface area contributed by atoms with E-state index in [4.69, 9.17) is 9.47 Å². The van der Waals surface area contributed by atoms with Crippen LogP contribution in [0.25, 0.3) is 0 Å². The number of nitrogens with one attached hydrogen (secondary N) is 1. The molecule has 0 aliphatic heterocycles. The van der Waals surface area contributed by atoms with Crippen molar-refractivity contribution in [3.8, 4) is 0 Å². The van der Waals surface area contributed by atoms with E-state index in [0.29, 0.717) is 5.69 Å². The maximum atomic E-state index is 12.6. The van der Waals surface area contributed by atoms with Crippen molar-refractivity contribution < 1.29 is 23.0 Å². The smallest absolute Gasteiger partial charge is 0.246 e. The highest BCUT2D eigenvalue weighted by atomic mass is 32.2. The number of hydrogen-bond donors (Lipinski definition) is 2. The molecule has 0 spiro atoms. The van der Waals surface area contributed by atoms with Gasteiger partial charge in [0, 0.05) is 27.3 Å². The third kappa shape index (κ3) is 3.76. The number of aliphatic hydroxyl groups is 1. The van der Waals surface area contributed by atoms with Crippen molar-refractivity contribution in [2.24, 2.45) is 0 Å². The first-order valence-corrected chi connectivity index (χ1v) is 7.55. The van der Waals surface area contributed by atoms with Crippen LogP contribution in [0.15, 0.2) is 4.90 Å². The Labute approximate surface area is 118 Å². The van der Waals surface area contributed by atoms with Gasteiger partial charge in [-0.2, -0.15) is 9.40 Å². The zero-order valence-corrected chi connectivity index (χ0v) is 12.7. The molecule has 0 aliphatic rings. The number of aryl methyl sites for hydroxylation is 1. The molecule has 0 aliphatic carbocycles. The molecule has 0 amide bonds. The van der Waals surface area contributed by atoms with E-state index in [2.05, 4.69) is 10.2 Å². The summed E-state index contributed by atoms with van der Waals surface area (Å²) >= 11 is 0.